The van der Waals surface area contributed by atoms with Gasteiger partial charge in [0.2, 0.25) is 10.0 Å². The molecule has 2 aromatic carbocycles. The Morgan fingerprint density at radius 2 is 1.94 bits per heavy atom. The zero-order valence-corrected chi connectivity index (χ0v) is 19.7. The predicted molar refractivity (Wildman–Crippen MR) is 125 cm³/mol. The first kappa shape index (κ1) is 25.4. The summed E-state index contributed by atoms with van der Waals surface area (Å²) in [7, 11) is -3.86. The van der Waals surface area contributed by atoms with E-state index in [4.69, 9.17) is 5.84 Å². The second-order valence-corrected chi connectivity index (χ2v) is 10.9. The number of benzene rings is 2. The van der Waals surface area contributed by atoms with Crippen molar-refractivity contribution < 1.29 is 27.8 Å². The number of carbonyl (C=O) groups excluding carboxylic acids is 1. The van der Waals surface area contributed by atoms with Crippen molar-refractivity contribution in [3.8, 4) is 0 Å². The first-order valence-corrected chi connectivity index (χ1v) is 13.0. The summed E-state index contributed by atoms with van der Waals surface area (Å²) in [4.78, 5) is 13.1. The van der Waals surface area contributed by atoms with Crippen molar-refractivity contribution >= 4 is 33.4 Å². The molecule has 1 heterocycles. The fraction of sp³-hybridized carbons (Fsp3) is 0.381. The monoisotopic (exact) mass is 498 g/mol. The Labute approximate surface area is 196 Å². The van der Waals surface area contributed by atoms with Gasteiger partial charge in [-0.1, -0.05) is 18.2 Å². The molecule has 0 saturated carbocycles. The number of amides is 1. The molecular weight excluding hydrogens is 471 g/mol. The van der Waals surface area contributed by atoms with Gasteiger partial charge >= 0.3 is 0 Å². The van der Waals surface area contributed by atoms with Gasteiger partial charge in [0, 0.05) is 41.3 Å². The number of hydrazine groups is 1. The van der Waals surface area contributed by atoms with E-state index in [1.165, 1.54) is 48.2 Å². The van der Waals surface area contributed by atoms with E-state index in [-0.39, 0.29) is 34.7 Å². The highest BCUT2D eigenvalue weighted by Crippen LogP contribution is 2.31. The topological polar surface area (TPSA) is 136 Å². The Morgan fingerprint density at radius 3 is 2.55 bits per heavy atom. The van der Waals surface area contributed by atoms with Crippen LogP contribution in [0.5, 0.6) is 0 Å². The van der Waals surface area contributed by atoms with Crippen molar-refractivity contribution in [3.05, 3.63) is 65.0 Å². The highest BCUT2D eigenvalue weighted by Gasteiger charge is 2.36. The van der Waals surface area contributed by atoms with Gasteiger partial charge in [0.15, 0.2) is 0 Å². The summed E-state index contributed by atoms with van der Waals surface area (Å²) in [5.74, 6) is 2.59. The van der Waals surface area contributed by atoms with E-state index in [1.807, 2.05) is 5.43 Å². The number of nitrogen functional groups attached to an aromatic ring is 1. The summed E-state index contributed by atoms with van der Waals surface area (Å²) in [5.41, 5.74) is 2.22. The minimum absolute atomic E-state index is 0.00399. The maximum Gasteiger partial charge on any atom is 0.265 e. The molecule has 0 unspecified atom stereocenters. The van der Waals surface area contributed by atoms with E-state index in [0.717, 1.165) is 21.9 Å². The molecule has 33 heavy (non-hydrogen) atoms. The number of aliphatic hydroxyl groups is 2. The maximum atomic E-state index is 14.7. The Kier molecular flexibility index (Phi) is 7.98. The van der Waals surface area contributed by atoms with E-state index >= 15 is 0 Å². The first-order chi connectivity index (χ1) is 15.6. The van der Waals surface area contributed by atoms with Crippen LogP contribution in [0.15, 0.2) is 42.5 Å². The number of carbonyl (C=O) groups is 1. The van der Waals surface area contributed by atoms with Crippen LogP contribution in [-0.4, -0.2) is 59.8 Å². The van der Waals surface area contributed by atoms with Gasteiger partial charge in [-0.2, -0.15) is 11.8 Å². The molecule has 12 heteroatoms. The van der Waals surface area contributed by atoms with E-state index in [0.29, 0.717) is 13.1 Å². The average Bonchev–Trinajstić information content (AvgIpc) is 2.83. The van der Waals surface area contributed by atoms with Gasteiger partial charge in [-0.3, -0.25) is 14.5 Å². The third-order valence-corrected chi connectivity index (χ3v) is 8.12. The number of rotatable bonds is 8. The second-order valence-electron chi connectivity index (χ2n) is 7.47. The molecule has 0 atom stereocenters. The predicted octanol–water partition coefficient (Wildman–Crippen LogP) is 0.929. The average molecular weight is 499 g/mol. The number of nitrogens with two attached hydrogens (primary N) is 1. The lowest BCUT2D eigenvalue weighted by atomic mass is 10.1. The smallest absolute Gasteiger partial charge is 0.265 e. The molecule has 1 saturated heterocycles. The van der Waals surface area contributed by atoms with Crippen LogP contribution in [0, 0.1) is 5.82 Å². The van der Waals surface area contributed by atoms with E-state index in [2.05, 4.69) is 0 Å². The number of nitrogens with one attached hydrogen (secondary N) is 1. The SMILES string of the molecule is CCS(=O)(=O)N(Cc1ccc(C(=O)NN)cc1F)c1cccc(C(O)(O)N2CCSCC2)c1. The van der Waals surface area contributed by atoms with Crippen LogP contribution in [0.1, 0.15) is 28.4 Å². The molecule has 0 bridgehead atoms. The van der Waals surface area contributed by atoms with Gasteiger partial charge in [0.1, 0.15) is 5.82 Å². The third-order valence-electron chi connectivity index (χ3n) is 5.43. The molecule has 9 nitrogen and oxygen atoms in total. The fourth-order valence-corrected chi connectivity index (χ4v) is 5.47. The molecule has 0 spiro atoms. The van der Waals surface area contributed by atoms with Crippen LogP contribution in [0.3, 0.4) is 0 Å². The summed E-state index contributed by atoms with van der Waals surface area (Å²) < 4.78 is 41.5. The Balaban J connectivity index is 1.97. The molecule has 0 aliphatic carbocycles. The summed E-state index contributed by atoms with van der Waals surface area (Å²) in [5, 5.41) is 21.6. The molecule has 1 fully saturated rings. The Bertz CT molecular complexity index is 1110. The zero-order valence-electron chi connectivity index (χ0n) is 18.1. The highest BCUT2D eigenvalue weighted by molar-refractivity contribution is 7.99. The molecule has 1 aliphatic rings. The zero-order chi connectivity index (χ0) is 24.2. The molecule has 0 radical (unpaired) electrons. The number of thioether (sulfide) groups is 1. The van der Waals surface area contributed by atoms with Crippen molar-refractivity contribution in [2.45, 2.75) is 19.4 Å². The van der Waals surface area contributed by atoms with Crippen molar-refractivity contribution in [3.63, 3.8) is 0 Å². The number of sulfonamides is 1. The summed E-state index contributed by atoms with van der Waals surface area (Å²) in [6.45, 7) is 2.05. The minimum Gasteiger partial charge on any atom is -0.349 e. The third kappa shape index (κ3) is 5.65. The van der Waals surface area contributed by atoms with Crippen LogP contribution < -0.4 is 15.6 Å². The standard InChI is InChI=1S/C21H27FN4O5S2/c1-2-33(30,31)26(14-16-7-6-15(12-19(16)22)20(27)24-23)18-5-3-4-17(13-18)21(28,29)25-8-10-32-11-9-25/h3-7,12-13,28-29H,2,8-11,14,23H2,1H3,(H,24,27). The number of hydrogen-bond donors (Lipinski definition) is 4. The van der Waals surface area contributed by atoms with Crippen LogP contribution in [-0.2, 0) is 22.5 Å². The summed E-state index contributed by atoms with van der Waals surface area (Å²) in [6.07, 6.45) is 0. The number of halogens is 1. The van der Waals surface area contributed by atoms with Gasteiger partial charge in [-0.25, -0.2) is 23.6 Å². The van der Waals surface area contributed by atoms with E-state index in [9.17, 15) is 27.8 Å². The van der Waals surface area contributed by atoms with Gasteiger partial charge in [-0.05, 0) is 31.2 Å². The lowest BCUT2D eigenvalue weighted by Gasteiger charge is -2.38. The van der Waals surface area contributed by atoms with Crippen molar-refractivity contribution in [2.75, 3.05) is 34.7 Å². The van der Waals surface area contributed by atoms with Crippen LogP contribution in [0.4, 0.5) is 10.1 Å². The van der Waals surface area contributed by atoms with Crippen molar-refractivity contribution in [2.24, 2.45) is 5.84 Å². The van der Waals surface area contributed by atoms with Gasteiger partial charge in [-0.15, -0.1) is 0 Å². The molecular formula is C21H27FN4O5S2. The summed E-state index contributed by atoms with van der Waals surface area (Å²) >= 11 is 1.71. The fourth-order valence-electron chi connectivity index (χ4n) is 3.49. The van der Waals surface area contributed by atoms with Gasteiger partial charge in [0.25, 0.3) is 11.8 Å². The molecule has 0 aromatic heterocycles. The molecule has 3 rings (SSSR count). The van der Waals surface area contributed by atoms with Gasteiger partial charge < -0.3 is 10.2 Å². The summed E-state index contributed by atoms with van der Waals surface area (Å²) in [6, 6.07) is 9.54. The second kappa shape index (κ2) is 10.4. The van der Waals surface area contributed by atoms with E-state index in [1.54, 1.807) is 11.8 Å². The maximum absolute atomic E-state index is 14.7. The van der Waals surface area contributed by atoms with Crippen LogP contribution >= 0.6 is 11.8 Å². The molecule has 2 aromatic rings. The highest BCUT2D eigenvalue weighted by atomic mass is 32.2. The van der Waals surface area contributed by atoms with Gasteiger partial charge in [0.05, 0.1) is 18.0 Å². The normalized spacial score (nSPS) is 15.3. The number of nitrogens with zero attached hydrogens (tertiary/aromatic N) is 2. The van der Waals surface area contributed by atoms with Crippen LogP contribution in [0.25, 0.3) is 0 Å². The Morgan fingerprint density at radius 1 is 1.24 bits per heavy atom. The number of anilines is 1. The Hall–Kier alpha value is -2.22. The molecule has 5 N–H and O–H groups in total. The first-order valence-electron chi connectivity index (χ1n) is 10.3. The van der Waals surface area contributed by atoms with Crippen molar-refractivity contribution in [1.29, 1.82) is 0 Å². The van der Waals surface area contributed by atoms with Crippen molar-refractivity contribution in [1.82, 2.24) is 10.3 Å². The molecule has 1 aliphatic heterocycles. The lowest BCUT2D eigenvalue weighted by molar-refractivity contribution is -0.273. The lowest BCUT2D eigenvalue weighted by Crippen LogP contribution is -2.50. The molecule has 180 valence electrons. The van der Waals surface area contributed by atoms with E-state index < -0.39 is 27.7 Å². The molecule has 1 amide bonds. The largest absolute Gasteiger partial charge is 0.349 e. The number of hydrogen-bond acceptors (Lipinski definition) is 8. The quantitative estimate of drug-likeness (QED) is 0.183. The van der Waals surface area contributed by atoms with Crippen LogP contribution in [0.2, 0.25) is 0 Å². The minimum atomic E-state index is -3.86.